The molecule has 3 rings (SSSR count). The van der Waals surface area contributed by atoms with Gasteiger partial charge in [0.25, 0.3) is 0 Å². The van der Waals surface area contributed by atoms with Gasteiger partial charge in [-0.25, -0.2) is 9.78 Å². The second-order valence-corrected chi connectivity index (χ2v) is 5.93. The van der Waals surface area contributed by atoms with Gasteiger partial charge in [-0.3, -0.25) is 4.68 Å². The predicted molar refractivity (Wildman–Crippen MR) is 98.2 cm³/mol. The summed E-state index contributed by atoms with van der Waals surface area (Å²) in [4.78, 5) is 16.4. The number of aliphatic hydroxyl groups is 1. The molecule has 0 fully saturated rings. The summed E-state index contributed by atoms with van der Waals surface area (Å²) in [6.07, 6.45) is 0.760. The first-order valence-corrected chi connectivity index (χ1v) is 8.14. The summed E-state index contributed by atoms with van der Waals surface area (Å²) in [5.41, 5.74) is 2.85. The molecule has 8 heteroatoms. The number of carbonyl (C=O) groups is 1. The second kappa shape index (κ2) is 7.40. The molecule has 0 spiro atoms. The van der Waals surface area contributed by atoms with Gasteiger partial charge in [-0.1, -0.05) is 12.1 Å². The summed E-state index contributed by atoms with van der Waals surface area (Å²) in [5.74, 6) is 0.709. The number of urea groups is 1. The summed E-state index contributed by atoms with van der Waals surface area (Å²) in [7, 11) is 3.40. The number of rotatable bonds is 5. The second-order valence-electron chi connectivity index (χ2n) is 5.93. The molecule has 0 radical (unpaired) electrons. The topological polar surface area (TPSA) is 101 Å². The number of nitrogens with zero attached hydrogens (tertiary/aromatic N) is 3. The van der Waals surface area contributed by atoms with Crippen molar-refractivity contribution in [2.45, 2.75) is 13.0 Å². The Balaban J connectivity index is 1.59. The Morgan fingerprint density at radius 3 is 2.77 bits per heavy atom. The molecule has 8 nitrogen and oxygen atoms in total. The molecule has 1 aromatic carbocycles. The van der Waals surface area contributed by atoms with E-state index >= 15 is 0 Å². The maximum atomic E-state index is 12.1. The van der Waals surface area contributed by atoms with Crippen LogP contribution in [0.2, 0.25) is 0 Å². The summed E-state index contributed by atoms with van der Waals surface area (Å²) in [5, 5.41) is 20.7. The molecule has 26 heavy (non-hydrogen) atoms. The van der Waals surface area contributed by atoms with Crippen LogP contribution in [-0.2, 0) is 7.05 Å². The molecule has 1 unspecified atom stereocenters. The van der Waals surface area contributed by atoms with E-state index in [2.05, 4.69) is 20.7 Å². The third kappa shape index (κ3) is 3.75. The Labute approximate surface area is 150 Å². The van der Waals surface area contributed by atoms with Gasteiger partial charge >= 0.3 is 6.03 Å². The standard InChI is InChI=1S/C18H21N5O3/c1-11-15-8-13(9-19-17(15)23(2)22-11)21-18(25)20-10-16(24)12-4-6-14(26-3)7-5-12/h4-9,16,24H,10H2,1-3H3,(H2,20,21,25). The molecule has 2 aromatic heterocycles. The molecule has 3 N–H and O–H groups in total. The first-order chi connectivity index (χ1) is 12.5. The van der Waals surface area contributed by atoms with E-state index in [1.807, 2.05) is 20.0 Å². The number of amides is 2. The predicted octanol–water partition coefficient (Wildman–Crippen LogP) is 2.14. The molecule has 3 aromatic rings. The van der Waals surface area contributed by atoms with Gasteiger partial charge in [0.2, 0.25) is 0 Å². The molecule has 0 saturated carbocycles. The molecule has 0 aliphatic rings. The SMILES string of the molecule is COc1ccc(C(O)CNC(=O)Nc2cnc3c(c2)c(C)nn3C)cc1. The van der Waals surface area contributed by atoms with Crippen molar-refractivity contribution in [1.29, 1.82) is 0 Å². The van der Waals surface area contributed by atoms with Gasteiger partial charge < -0.3 is 20.5 Å². The summed E-state index contributed by atoms with van der Waals surface area (Å²) in [6, 6.07) is 8.44. The Bertz CT molecular complexity index is 920. The number of ether oxygens (including phenoxy) is 1. The summed E-state index contributed by atoms with van der Waals surface area (Å²) in [6.45, 7) is 1.97. The highest BCUT2D eigenvalue weighted by molar-refractivity contribution is 5.92. The number of anilines is 1. The monoisotopic (exact) mass is 355 g/mol. The van der Waals surface area contributed by atoms with Crippen LogP contribution >= 0.6 is 0 Å². The molecular weight excluding hydrogens is 334 g/mol. The number of aromatic nitrogens is 3. The molecule has 2 heterocycles. The van der Waals surface area contributed by atoms with E-state index in [0.29, 0.717) is 17.0 Å². The van der Waals surface area contributed by atoms with Crippen molar-refractivity contribution in [3.05, 3.63) is 47.8 Å². The lowest BCUT2D eigenvalue weighted by Gasteiger charge is -2.13. The maximum absolute atomic E-state index is 12.1. The quantitative estimate of drug-likeness (QED) is 0.651. The number of nitrogens with one attached hydrogen (secondary N) is 2. The van der Waals surface area contributed by atoms with Crippen LogP contribution in [0.3, 0.4) is 0 Å². The lowest BCUT2D eigenvalue weighted by molar-refractivity contribution is 0.175. The van der Waals surface area contributed by atoms with Gasteiger partial charge in [0.1, 0.15) is 5.75 Å². The largest absolute Gasteiger partial charge is 0.497 e. The Morgan fingerprint density at radius 2 is 2.08 bits per heavy atom. The van der Waals surface area contributed by atoms with E-state index in [1.165, 1.54) is 0 Å². The Kier molecular flexibility index (Phi) is 5.04. The van der Waals surface area contributed by atoms with Crippen LogP contribution in [0.15, 0.2) is 36.5 Å². The molecule has 0 bridgehead atoms. The van der Waals surface area contributed by atoms with E-state index in [0.717, 1.165) is 16.7 Å². The van der Waals surface area contributed by atoms with Gasteiger partial charge in [0.15, 0.2) is 5.65 Å². The van der Waals surface area contributed by atoms with Crippen molar-refractivity contribution < 1.29 is 14.6 Å². The fraction of sp³-hybridized carbons (Fsp3) is 0.278. The minimum absolute atomic E-state index is 0.0831. The number of fused-ring (bicyclic) bond motifs is 1. The van der Waals surface area contributed by atoms with Crippen LogP contribution in [0.5, 0.6) is 5.75 Å². The zero-order chi connectivity index (χ0) is 18.7. The van der Waals surface area contributed by atoms with Gasteiger partial charge in [0.05, 0.1) is 30.8 Å². The van der Waals surface area contributed by atoms with Crippen molar-refractivity contribution in [1.82, 2.24) is 20.1 Å². The van der Waals surface area contributed by atoms with E-state index < -0.39 is 12.1 Å². The molecule has 1 atom stereocenters. The lowest BCUT2D eigenvalue weighted by atomic mass is 10.1. The highest BCUT2D eigenvalue weighted by Gasteiger charge is 2.11. The smallest absolute Gasteiger partial charge is 0.319 e. The average Bonchev–Trinajstić information content (AvgIpc) is 2.93. The zero-order valence-corrected chi connectivity index (χ0v) is 14.9. The Hall–Kier alpha value is -3.13. The average molecular weight is 355 g/mol. The molecular formula is C18H21N5O3. The van der Waals surface area contributed by atoms with E-state index in [-0.39, 0.29) is 6.54 Å². The van der Waals surface area contributed by atoms with Crippen molar-refractivity contribution in [3.63, 3.8) is 0 Å². The van der Waals surface area contributed by atoms with E-state index in [1.54, 1.807) is 42.3 Å². The van der Waals surface area contributed by atoms with E-state index in [9.17, 15) is 9.90 Å². The highest BCUT2D eigenvalue weighted by atomic mass is 16.5. The van der Waals surface area contributed by atoms with Crippen LogP contribution in [0.1, 0.15) is 17.4 Å². The molecule has 0 aliphatic carbocycles. The van der Waals surface area contributed by atoms with Crippen LogP contribution in [0.4, 0.5) is 10.5 Å². The number of hydrogen-bond acceptors (Lipinski definition) is 5. The first kappa shape index (κ1) is 17.7. The number of methoxy groups -OCH3 is 1. The van der Waals surface area contributed by atoms with Crippen molar-refractivity contribution in [3.8, 4) is 5.75 Å². The number of carbonyl (C=O) groups excluding carboxylic acids is 1. The molecule has 2 amide bonds. The third-order valence-electron chi connectivity index (χ3n) is 4.08. The minimum Gasteiger partial charge on any atom is -0.497 e. The van der Waals surface area contributed by atoms with E-state index in [4.69, 9.17) is 4.74 Å². The van der Waals surface area contributed by atoms with Crippen LogP contribution in [0, 0.1) is 6.92 Å². The Morgan fingerprint density at radius 1 is 1.35 bits per heavy atom. The fourth-order valence-corrected chi connectivity index (χ4v) is 2.68. The number of pyridine rings is 1. The number of hydrogen-bond donors (Lipinski definition) is 3. The van der Waals surface area contributed by atoms with Crippen molar-refractivity contribution in [2.75, 3.05) is 19.0 Å². The van der Waals surface area contributed by atoms with Gasteiger partial charge in [0, 0.05) is 19.0 Å². The van der Waals surface area contributed by atoms with Crippen LogP contribution in [-0.4, -0.2) is 39.6 Å². The number of benzene rings is 1. The highest BCUT2D eigenvalue weighted by Crippen LogP contribution is 2.19. The van der Waals surface area contributed by atoms with Crippen molar-refractivity contribution >= 4 is 22.8 Å². The summed E-state index contributed by atoms with van der Waals surface area (Å²) >= 11 is 0. The summed E-state index contributed by atoms with van der Waals surface area (Å²) < 4.78 is 6.77. The van der Waals surface area contributed by atoms with Gasteiger partial charge in [-0.05, 0) is 30.7 Å². The number of aliphatic hydroxyl groups excluding tert-OH is 1. The minimum atomic E-state index is -0.812. The lowest BCUT2D eigenvalue weighted by Crippen LogP contribution is -2.32. The fourth-order valence-electron chi connectivity index (χ4n) is 2.68. The molecule has 0 saturated heterocycles. The zero-order valence-electron chi connectivity index (χ0n) is 14.9. The van der Waals surface area contributed by atoms with Crippen LogP contribution < -0.4 is 15.4 Å². The molecule has 136 valence electrons. The normalized spacial score (nSPS) is 12.0. The first-order valence-electron chi connectivity index (χ1n) is 8.14. The van der Waals surface area contributed by atoms with Crippen molar-refractivity contribution in [2.24, 2.45) is 7.05 Å². The third-order valence-corrected chi connectivity index (χ3v) is 4.08. The van der Waals surface area contributed by atoms with Gasteiger partial charge in [-0.2, -0.15) is 5.10 Å². The van der Waals surface area contributed by atoms with Gasteiger partial charge in [-0.15, -0.1) is 0 Å². The maximum Gasteiger partial charge on any atom is 0.319 e. The number of aryl methyl sites for hydroxylation is 2. The van der Waals surface area contributed by atoms with Crippen LogP contribution in [0.25, 0.3) is 11.0 Å². The molecule has 0 aliphatic heterocycles.